The Bertz CT molecular complexity index is 725. The zero-order chi connectivity index (χ0) is 19.1. The molecular weight excluding hydrogens is 356 g/mol. The third-order valence-corrected chi connectivity index (χ3v) is 5.63. The normalized spacial score (nSPS) is 16.1. The number of rotatable bonds is 7. The van der Waals surface area contributed by atoms with Gasteiger partial charge in [0.2, 0.25) is 0 Å². The Balaban J connectivity index is 1.72. The maximum atomic E-state index is 12.9. The first-order chi connectivity index (χ1) is 13.2. The minimum atomic E-state index is -0.0102. The molecule has 0 spiro atoms. The predicted octanol–water partition coefficient (Wildman–Crippen LogP) is 2.24. The average molecular weight is 386 g/mol. The van der Waals surface area contributed by atoms with E-state index in [1.807, 2.05) is 24.3 Å². The van der Waals surface area contributed by atoms with E-state index in [1.165, 1.54) is 16.0 Å². The smallest absolute Gasteiger partial charge is 0.251 e. The van der Waals surface area contributed by atoms with Crippen molar-refractivity contribution in [3.8, 4) is 0 Å². The maximum absolute atomic E-state index is 12.9. The highest BCUT2D eigenvalue weighted by molar-refractivity contribution is 7.97. The fourth-order valence-corrected chi connectivity index (χ4v) is 3.89. The Labute approximate surface area is 166 Å². The second-order valence-electron chi connectivity index (χ2n) is 7.13. The van der Waals surface area contributed by atoms with Crippen LogP contribution in [0.4, 0.5) is 0 Å². The third-order valence-electron chi connectivity index (χ3n) is 5.00. The zero-order valence-electron chi connectivity index (χ0n) is 16.2. The van der Waals surface area contributed by atoms with Crippen LogP contribution in [0.1, 0.15) is 33.1 Å². The molecule has 27 heavy (non-hydrogen) atoms. The molecule has 2 N–H and O–H groups in total. The van der Waals surface area contributed by atoms with Gasteiger partial charge in [-0.15, -0.1) is 0 Å². The molecule has 2 aromatic carbocycles. The summed E-state index contributed by atoms with van der Waals surface area (Å²) in [6, 6.07) is 16.4. The number of carbonyl (C=O) groups excluding carboxylic acids is 1. The molecule has 0 aromatic heterocycles. The van der Waals surface area contributed by atoms with Crippen molar-refractivity contribution in [2.24, 2.45) is 0 Å². The van der Waals surface area contributed by atoms with Gasteiger partial charge in [-0.2, -0.15) is 11.8 Å². The van der Waals surface area contributed by atoms with Crippen molar-refractivity contribution in [2.45, 2.75) is 18.7 Å². The topological polar surface area (TPSA) is 42.8 Å². The van der Waals surface area contributed by atoms with Crippen molar-refractivity contribution in [2.75, 3.05) is 39.1 Å². The van der Waals surface area contributed by atoms with Gasteiger partial charge in [0.25, 0.3) is 5.91 Å². The van der Waals surface area contributed by atoms with Crippen molar-refractivity contribution < 1.29 is 14.4 Å². The number of hydrogen-bond donors (Lipinski definition) is 2. The number of carbonyl (C=O) groups is 1. The first kappa shape index (κ1) is 19.9. The summed E-state index contributed by atoms with van der Waals surface area (Å²) in [6.07, 6.45) is 2.08. The van der Waals surface area contributed by atoms with Crippen LogP contribution in [0.5, 0.6) is 0 Å². The van der Waals surface area contributed by atoms with E-state index in [0.717, 1.165) is 44.2 Å². The lowest BCUT2D eigenvalue weighted by Gasteiger charge is -2.28. The first-order valence-corrected chi connectivity index (χ1v) is 10.9. The van der Waals surface area contributed by atoms with Crippen LogP contribution in [0.2, 0.25) is 0 Å². The lowest BCUT2D eigenvalue weighted by molar-refractivity contribution is -0.909. The van der Waals surface area contributed by atoms with Crippen LogP contribution < -0.4 is 10.2 Å². The molecule has 5 heteroatoms. The van der Waals surface area contributed by atoms with Gasteiger partial charge in [-0.25, -0.2) is 0 Å². The second-order valence-corrected chi connectivity index (χ2v) is 8.00. The van der Waals surface area contributed by atoms with Gasteiger partial charge < -0.3 is 15.0 Å². The molecule has 0 radical (unpaired) electrons. The number of nitrogens with one attached hydrogen (secondary N) is 2. The molecule has 0 unspecified atom stereocenters. The van der Waals surface area contributed by atoms with Crippen LogP contribution in [0.3, 0.4) is 0 Å². The Morgan fingerprint density at radius 2 is 1.78 bits per heavy atom. The van der Waals surface area contributed by atoms with Gasteiger partial charge >= 0.3 is 0 Å². The summed E-state index contributed by atoms with van der Waals surface area (Å²) in [5.41, 5.74) is 4.35. The molecular formula is C22H29N2O2S+. The lowest BCUT2D eigenvalue weighted by Crippen LogP contribution is -3.14. The third kappa shape index (κ3) is 5.83. The molecule has 1 aliphatic heterocycles. The molecule has 4 nitrogen and oxygen atoms in total. The largest absolute Gasteiger partial charge is 0.370 e. The quantitative estimate of drug-likeness (QED) is 0.768. The summed E-state index contributed by atoms with van der Waals surface area (Å²) in [4.78, 5) is 14.3. The van der Waals surface area contributed by atoms with Gasteiger partial charge in [-0.3, -0.25) is 4.79 Å². The summed E-state index contributed by atoms with van der Waals surface area (Å²) in [6.45, 7) is 6.52. The lowest BCUT2D eigenvalue weighted by atomic mass is 10.0. The second kappa shape index (κ2) is 9.93. The van der Waals surface area contributed by atoms with Crippen LogP contribution in [0.15, 0.2) is 48.5 Å². The summed E-state index contributed by atoms with van der Waals surface area (Å²) in [5, 5.41) is 3.26. The summed E-state index contributed by atoms with van der Waals surface area (Å²) >= 11 is 1.78. The molecule has 144 valence electrons. The van der Waals surface area contributed by atoms with E-state index >= 15 is 0 Å². The van der Waals surface area contributed by atoms with E-state index in [0.29, 0.717) is 5.56 Å². The van der Waals surface area contributed by atoms with Gasteiger partial charge in [0.15, 0.2) is 0 Å². The van der Waals surface area contributed by atoms with Crippen molar-refractivity contribution in [1.29, 1.82) is 0 Å². The molecule has 1 atom stereocenters. The highest BCUT2D eigenvalue weighted by atomic mass is 32.2. The molecule has 0 saturated carbocycles. The van der Waals surface area contributed by atoms with E-state index < -0.39 is 0 Å². The van der Waals surface area contributed by atoms with Crippen molar-refractivity contribution in [3.05, 3.63) is 70.8 Å². The Morgan fingerprint density at radius 3 is 2.41 bits per heavy atom. The van der Waals surface area contributed by atoms with E-state index in [-0.39, 0.29) is 11.9 Å². The zero-order valence-corrected chi connectivity index (χ0v) is 17.0. The van der Waals surface area contributed by atoms with E-state index in [9.17, 15) is 4.79 Å². The summed E-state index contributed by atoms with van der Waals surface area (Å²) in [7, 11) is 0. The van der Waals surface area contributed by atoms with E-state index in [4.69, 9.17) is 4.74 Å². The number of hydrogen-bond acceptors (Lipinski definition) is 3. The van der Waals surface area contributed by atoms with Crippen molar-refractivity contribution >= 4 is 17.7 Å². The summed E-state index contributed by atoms with van der Waals surface area (Å²) < 4.78 is 5.47. The number of ether oxygens (including phenoxy) is 1. The average Bonchev–Trinajstić information content (AvgIpc) is 2.70. The van der Waals surface area contributed by atoms with Crippen LogP contribution >= 0.6 is 11.8 Å². The SMILES string of the molecule is CSCc1ccc(C(=O)N[C@H](C[NH+]2CCOCC2)c2ccc(C)cc2)cc1. The number of amides is 1. The monoisotopic (exact) mass is 385 g/mol. The molecule has 0 bridgehead atoms. The molecule has 1 fully saturated rings. The number of aryl methyl sites for hydroxylation is 1. The standard InChI is InChI=1S/C22H28N2O2S/c1-17-3-7-19(8-4-17)21(15-24-11-13-26-14-12-24)23-22(25)20-9-5-18(6-10-20)16-27-2/h3-10,21H,11-16H2,1-2H3,(H,23,25)/p+1/t21-/m1/s1. The van der Waals surface area contributed by atoms with Gasteiger partial charge in [0, 0.05) is 11.3 Å². The van der Waals surface area contributed by atoms with Crippen LogP contribution in [-0.2, 0) is 10.5 Å². The number of thioether (sulfide) groups is 1. The predicted molar refractivity (Wildman–Crippen MR) is 111 cm³/mol. The number of quaternary nitrogens is 1. The Morgan fingerprint density at radius 1 is 1.11 bits per heavy atom. The highest BCUT2D eigenvalue weighted by Gasteiger charge is 2.23. The Kier molecular flexibility index (Phi) is 7.33. The van der Waals surface area contributed by atoms with Crippen molar-refractivity contribution in [1.82, 2.24) is 5.32 Å². The van der Waals surface area contributed by atoms with E-state index in [2.05, 4.69) is 42.8 Å². The molecule has 3 rings (SSSR count). The highest BCUT2D eigenvalue weighted by Crippen LogP contribution is 2.15. The molecule has 1 aliphatic rings. The molecule has 0 aliphatic carbocycles. The Hall–Kier alpha value is -1.82. The van der Waals surface area contributed by atoms with Crippen molar-refractivity contribution in [3.63, 3.8) is 0 Å². The van der Waals surface area contributed by atoms with Gasteiger partial charge in [-0.1, -0.05) is 42.0 Å². The molecule has 1 saturated heterocycles. The maximum Gasteiger partial charge on any atom is 0.251 e. The van der Waals surface area contributed by atoms with Gasteiger partial charge in [0.1, 0.15) is 25.7 Å². The summed E-state index contributed by atoms with van der Waals surface area (Å²) in [5.74, 6) is 0.956. The van der Waals surface area contributed by atoms with Crippen LogP contribution in [-0.4, -0.2) is 45.0 Å². The molecule has 1 amide bonds. The number of morpholine rings is 1. The van der Waals surface area contributed by atoms with Crippen LogP contribution in [0.25, 0.3) is 0 Å². The minimum Gasteiger partial charge on any atom is -0.370 e. The van der Waals surface area contributed by atoms with E-state index in [1.54, 1.807) is 11.8 Å². The molecule has 1 heterocycles. The fourth-order valence-electron chi connectivity index (χ4n) is 3.36. The van der Waals surface area contributed by atoms with Gasteiger partial charge in [0.05, 0.1) is 13.2 Å². The van der Waals surface area contributed by atoms with Gasteiger partial charge in [-0.05, 0) is 36.4 Å². The number of benzene rings is 2. The molecule has 2 aromatic rings. The van der Waals surface area contributed by atoms with Crippen LogP contribution in [0, 0.1) is 6.92 Å². The fraction of sp³-hybridized carbons (Fsp3) is 0.409. The first-order valence-electron chi connectivity index (χ1n) is 9.52. The minimum absolute atomic E-state index is 0.00271.